The summed E-state index contributed by atoms with van der Waals surface area (Å²) < 4.78 is 13.3. The van der Waals surface area contributed by atoms with E-state index in [1.165, 1.54) is 31.7 Å². The Hall–Kier alpha value is -0.890. The van der Waals surface area contributed by atoms with E-state index in [-0.39, 0.29) is 11.4 Å². The average Bonchev–Trinajstić information content (AvgIpc) is 2.27. The molecule has 0 spiro atoms. The highest BCUT2D eigenvalue weighted by Crippen LogP contribution is 2.57. The Labute approximate surface area is 110 Å². The summed E-state index contributed by atoms with van der Waals surface area (Å²) in [6, 6.07) is 6.81. The zero-order valence-electron chi connectivity index (χ0n) is 11.5. The summed E-state index contributed by atoms with van der Waals surface area (Å²) in [5.74, 6) is -0.180. The lowest BCUT2D eigenvalue weighted by atomic mass is 9.52. The number of nitrogens with two attached hydrogens (primary N) is 1. The number of rotatable bonds is 5. The first kappa shape index (κ1) is 13.5. The first-order chi connectivity index (χ1) is 8.53. The van der Waals surface area contributed by atoms with Crippen LogP contribution in [0.4, 0.5) is 4.39 Å². The van der Waals surface area contributed by atoms with Crippen LogP contribution >= 0.6 is 0 Å². The molecule has 0 atom stereocenters. The molecule has 0 saturated heterocycles. The van der Waals surface area contributed by atoms with Crippen LogP contribution in [-0.4, -0.2) is 0 Å². The molecule has 0 heterocycles. The van der Waals surface area contributed by atoms with Gasteiger partial charge in [0.2, 0.25) is 0 Å². The minimum absolute atomic E-state index is 0.180. The number of benzene rings is 1. The Bertz CT molecular complexity index is 399. The van der Waals surface area contributed by atoms with Gasteiger partial charge in [-0.3, -0.25) is 0 Å². The van der Waals surface area contributed by atoms with Gasteiger partial charge in [-0.2, -0.15) is 0 Å². The van der Waals surface area contributed by atoms with Gasteiger partial charge in [0.25, 0.3) is 0 Å². The SMILES string of the molecule is CCCC1(CCC)CC(N)(c2cccc(F)c2)C1. The van der Waals surface area contributed by atoms with Crippen LogP contribution in [0.3, 0.4) is 0 Å². The van der Waals surface area contributed by atoms with Crippen molar-refractivity contribution < 1.29 is 4.39 Å². The third-order valence-electron chi connectivity index (χ3n) is 4.34. The van der Waals surface area contributed by atoms with Crippen LogP contribution in [0.15, 0.2) is 24.3 Å². The molecule has 100 valence electrons. The lowest BCUT2D eigenvalue weighted by Gasteiger charge is -2.55. The second-order valence-electron chi connectivity index (χ2n) is 6.02. The highest BCUT2D eigenvalue weighted by atomic mass is 19.1. The maximum absolute atomic E-state index is 13.3. The van der Waals surface area contributed by atoms with Gasteiger partial charge in [-0.25, -0.2) is 4.39 Å². The monoisotopic (exact) mass is 249 g/mol. The molecule has 2 N–H and O–H groups in total. The second-order valence-corrected chi connectivity index (χ2v) is 6.02. The van der Waals surface area contributed by atoms with E-state index in [0.29, 0.717) is 5.41 Å². The van der Waals surface area contributed by atoms with E-state index < -0.39 is 0 Å². The summed E-state index contributed by atoms with van der Waals surface area (Å²) in [6.07, 6.45) is 6.92. The molecule has 0 amide bonds. The fourth-order valence-corrected chi connectivity index (χ4v) is 3.83. The normalized spacial score (nSPS) is 20.4. The molecule has 18 heavy (non-hydrogen) atoms. The molecule has 2 heteroatoms. The average molecular weight is 249 g/mol. The third-order valence-corrected chi connectivity index (χ3v) is 4.34. The van der Waals surface area contributed by atoms with Crippen LogP contribution in [0, 0.1) is 11.2 Å². The molecule has 1 fully saturated rings. The molecule has 1 aliphatic rings. The van der Waals surface area contributed by atoms with Crippen LogP contribution in [-0.2, 0) is 5.54 Å². The molecular formula is C16H24FN. The van der Waals surface area contributed by atoms with Crippen molar-refractivity contribution in [2.75, 3.05) is 0 Å². The molecular weight excluding hydrogens is 225 g/mol. The fourth-order valence-electron chi connectivity index (χ4n) is 3.83. The number of halogens is 1. The van der Waals surface area contributed by atoms with E-state index in [0.717, 1.165) is 18.4 Å². The summed E-state index contributed by atoms with van der Waals surface area (Å²) in [5.41, 5.74) is 7.53. The molecule has 0 radical (unpaired) electrons. The van der Waals surface area contributed by atoms with Crippen LogP contribution in [0.5, 0.6) is 0 Å². The van der Waals surface area contributed by atoms with E-state index >= 15 is 0 Å². The van der Waals surface area contributed by atoms with Crippen molar-refractivity contribution in [2.45, 2.75) is 57.9 Å². The molecule has 1 aromatic rings. The van der Waals surface area contributed by atoms with Crippen molar-refractivity contribution in [3.05, 3.63) is 35.6 Å². The second kappa shape index (κ2) is 5.00. The van der Waals surface area contributed by atoms with Gasteiger partial charge < -0.3 is 5.73 Å². The van der Waals surface area contributed by atoms with Crippen LogP contribution in [0.2, 0.25) is 0 Å². The minimum atomic E-state index is -0.299. The van der Waals surface area contributed by atoms with Gasteiger partial charge in [-0.05, 0) is 48.8 Å². The van der Waals surface area contributed by atoms with Gasteiger partial charge >= 0.3 is 0 Å². The molecule has 0 aliphatic heterocycles. The summed E-state index contributed by atoms with van der Waals surface area (Å²) in [6.45, 7) is 4.46. The highest BCUT2D eigenvalue weighted by Gasteiger charge is 2.51. The standard InChI is InChI=1S/C16H24FN/c1-3-8-15(9-4-2)11-16(18,12-15)13-6-5-7-14(17)10-13/h5-7,10H,3-4,8-9,11-12,18H2,1-2H3. The smallest absolute Gasteiger partial charge is 0.123 e. The van der Waals surface area contributed by atoms with E-state index in [9.17, 15) is 4.39 Å². The molecule has 1 aromatic carbocycles. The van der Waals surface area contributed by atoms with Crippen LogP contribution in [0.25, 0.3) is 0 Å². The number of hydrogen-bond acceptors (Lipinski definition) is 1. The third kappa shape index (κ3) is 2.44. The molecule has 1 nitrogen and oxygen atoms in total. The minimum Gasteiger partial charge on any atom is -0.321 e. The Balaban J connectivity index is 2.13. The fraction of sp³-hybridized carbons (Fsp3) is 0.625. The Kier molecular flexibility index (Phi) is 3.76. The van der Waals surface area contributed by atoms with Crippen molar-refractivity contribution in [2.24, 2.45) is 11.1 Å². The predicted octanol–water partition coefficient (Wildman–Crippen LogP) is 4.36. The first-order valence-corrected chi connectivity index (χ1v) is 7.08. The van der Waals surface area contributed by atoms with Crippen molar-refractivity contribution in [1.82, 2.24) is 0 Å². The van der Waals surface area contributed by atoms with Crippen molar-refractivity contribution in [1.29, 1.82) is 0 Å². The topological polar surface area (TPSA) is 26.0 Å². The van der Waals surface area contributed by atoms with Crippen molar-refractivity contribution in [3.63, 3.8) is 0 Å². The van der Waals surface area contributed by atoms with Gasteiger partial charge in [0.15, 0.2) is 0 Å². The zero-order chi connectivity index (χ0) is 13.2. The maximum Gasteiger partial charge on any atom is 0.123 e. The van der Waals surface area contributed by atoms with Crippen LogP contribution in [0.1, 0.15) is 57.9 Å². The van der Waals surface area contributed by atoms with Crippen molar-refractivity contribution >= 4 is 0 Å². The van der Waals surface area contributed by atoms with E-state index in [1.54, 1.807) is 12.1 Å². The lowest BCUT2D eigenvalue weighted by molar-refractivity contribution is 0.00607. The quantitative estimate of drug-likeness (QED) is 0.824. The van der Waals surface area contributed by atoms with Gasteiger partial charge in [-0.15, -0.1) is 0 Å². The molecule has 1 aliphatic carbocycles. The van der Waals surface area contributed by atoms with Gasteiger partial charge in [0, 0.05) is 5.54 Å². The summed E-state index contributed by atoms with van der Waals surface area (Å²) in [5, 5.41) is 0. The summed E-state index contributed by atoms with van der Waals surface area (Å²) in [4.78, 5) is 0. The first-order valence-electron chi connectivity index (χ1n) is 7.08. The molecule has 0 bridgehead atoms. The molecule has 0 aromatic heterocycles. The highest BCUT2D eigenvalue weighted by molar-refractivity contribution is 5.29. The zero-order valence-corrected chi connectivity index (χ0v) is 11.5. The lowest BCUT2D eigenvalue weighted by Crippen LogP contribution is -2.55. The molecule has 1 saturated carbocycles. The molecule has 2 rings (SSSR count). The molecule has 0 unspecified atom stereocenters. The Morgan fingerprint density at radius 2 is 1.78 bits per heavy atom. The summed E-state index contributed by atoms with van der Waals surface area (Å²) in [7, 11) is 0. The van der Waals surface area contributed by atoms with Gasteiger partial charge in [-0.1, -0.05) is 38.8 Å². The maximum atomic E-state index is 13.3. The largest absolute Gasteiger partial charge is 0.321 e. The van der Waals surface area contributed by atoms with E-state index in [1.807, 2.05) is 6.07 Å². The van der Waals surface area contributed by atoms with Gasteiger partial charge in [0.05, 0.1) is 0 Å². The summed E-state index contributed by atoms with van der Waals surface area (Å²) >= 11 is 0. The van der Waals surface area contributed by atoms with Gasteiger partial charge in [0.1, 0.15) is 5.82 Å². The van der Waals surface area contributed by atoms with Crippen molar-refractivity contribution in [3.8, 4) is 0 Å². The Morgan fingerprint density at radius 3 is 2.28 bits per heavy atom. The Morgan fingerprint density at radius 1 is 1.17 bits per heavy atom. The predicted molar refractivity (Wildman–Crippen MR) is 73.7 cm³/mol. The van der Waals surface area contributed by atoms with E-state index in [4.69, 9.17) is 5.73 Å². The van der Waals surface area contributed by atoms with E-state index in [2.05, 4.69) is 13.8 Å². The number of hydrogen-bond donors (Lipinski definition) is 1. The van der Waals surface area contributed by atoms with Crippen LogP contribution < -0.4 is 5.73 Å².